The first-order chi connectivity index (χ1) is 9.90. The van der Waals surface area contributed by atoms with Gasteiger partial charge in [0.2, 0.25) is 10.0 Å². The van der Waals surface area contributed by atoms with Crippen LogP contribution in [0.4, 0.5) is 0 Å². The molecule has 0 saturated carbocycles. The largest absolute Gasteiger partial charge is 0.240 e. The molecule has 0 aliphatic rings. The minimum atomic E-state index is -3.66. The van der Waals surface area contributed by atoms with Crippen LogP contribution in [-0.4, -0.2) is 8.42 Å². The number of alkyl halides is 1. The lowest BCUT2D eigenvalue weighted by Gasteiger charge is -2.08. The molecule has 0 bridgehead atoms. The Kier molecular flexibility index (Phi) is 5.52. The summed E-state index contributed by atoms with van der Waals surface area (Å²) in [6.45, 7) is 0.176. The van der Waals surface area contributed by atoms with E-state index in [1.165, 1.54) is 18.2 Å². The molecular weight excluding hydrogens is 353 g/mol. The van der Waals surface area contributed by atoms with E-state index in [4.69, 9.17) is 34.8 Å². The molecule has 0 saturated heterocycles. The molecule has 0 fully saturated rings. The fourth-order valence-corrected chi connectivity index (χ4v) is 3.61. The molecule has 0 heterocycles. The third kappa shape index (κ3) is 4.59. The predicted octanol–water partition coefficient (Wildman–Crippen LogP) is 4.21. The Morgan fingerprint density at radius 2 is 1.43 bits per heavy atom. The molecule has 7 heteroatoms. The van der Waals surface area contributed by atoms with E-state index in [-0.39, 0.29) is 21.5 Å². The number of rotatable bonds is 5. The zero-order chi connectivity index (χ0) is 15.5. The van der Waals surface area contributed by atoms with Crippen molar-refractivity contribution in [3.8, 4) is 0 Å². The van der Waals surface area contributed by atoms with Gasteiger partial charge in [-0.05, 0) is 29.3 Å². The molecule has 0 spiro atoms. The maximum absolute atomic E-state index is 12.2. The van der Waals surface area contributed by atoms with E-state index < -0.39 is 10.0 Å². The minimum Gasteiger partial charge on any atom is -0.207 e. The van der Waals surface area contributed by atoms with Crippen LogP contribution in [0, 0.1) is 0 Å². The van der Waals surface area contributed by atoms with E-state index >= 15 is 0 Å². The van der Waals surface area contributed by atoms with Crippen molar-refractivity contribution >= 4 is 44.8 Å². The van der Waals surface area contributed by atoms with Gasteiger partial charge < -0.3 is 0 Å². The maximum Gasteiger partial charge on any atom is 0.240 e. The zero-order valence-electron chi connectivity index (χ0n) is 10.8. The Morgan fingerprint density at radius 3 is 1.95 bits per heavy atom. The highest BCUT2D eigenvalue weighted by Crippen LogP contribution is 2.22. The maximum atomic E-state index is 12.2. The lowest BCUT2D eigenvalue weighted by molar-refractivity contribution is 0.581. The summed E-state index contributed by atoms with van der Waals surface area (Å²) in [4.78, 5) is 0.0392. The van der Waals surface area contributed by atoms with Gasteiger partial charge in [-0.15, -0.1) is 11.6 Å². The summed E-state index contributed by atoms with van der Waals surface area (Å²) in [5.41, 5.74) is 1.81. The van der Waals surface area contributed by atoms with Gasteiger partial charge in [-0.2, -0.15) is 0 Å². The molecule has 112 valence electrons. The van der Waals surface area contributed by atoms with Crippen molar-refractivity contribution < 1.29 is 8.42 Å². The predicted molar refractivity (Wildman–Crippen MR) is 86.5 cm³/mol. The number of hydrogen-bond donors (Lipinski definition) is 1. The van der Waals surface area contributed by atoms with Crippen molar-refractivity contribution in [2.45, 2.75) is 17.3 Å². The van der Waals surface area contributed by atoms with Crippen molar-refractivity contribution in [3.05, 3.63) is 63.6 Å². The highest BCUT2D eigenvalue weighted by Gasteiger charge is 2.15. The monoisotopic (exact) mass is 363 g/mol. The molecule has 0 atom stereocenters. The third-order valence-electron chi connectivity index (χ3n) is 2.79. The second-order valence-corrected chi connectivity index (χ2v) is 7.29. The van der Waals surface area contributed by atoms with Crippen molar-refractivity contribution in [3.63, 3.8) is 0 Å². The highest BCUT2D eigenvalue weighted by molar-refractivity contribution is 7.89. The lowest BCUT2D eigenvalue weighted by Crippen LogP contribution is -2.23. The number of sulfonamides is 1. The van der Waals surface area contributed by atoms with Gasteiger partial charge in [0.1, 0.15) is 0 Å². The van der Waals surface area contributed by atoms with Crippen LogP contribution >= 0.6 is 34.8 Å². The van der Waals surface area contributed by atoms with Crippen molar-refractivity contribution in [1.82, 2.24) is 4.72 Å². The van der Waals surface area contributed by atoms with Crippen LogP contribution in [0.2, 0.25) is 10.0 Å². The van der Waals surface area contributed by atoms with Crippen molar-refractivity contribution in [1.29, 1.82) is 0 Å². The Morgan fingerprint density at radius 1 is 0.905 bits per heavy atom. The third-order valence-corrected chi connectivity index (χ3v) is 4.92. The summed E-state index contributed by atoms with van der Waals surface area (Å²) in [5.74, 6) is 0.424. The fourth-order valence-electron chi connectivity index (χ4n) is 1.69. The molecule has 3 nitrogen and oxygen atoms in total. The number of nitrogens with one attached hydrogen (secondary N) is 1. The molecule has 0 unspecified atom stereocenters. The van der Waals surface area contributed by atoms with Gasteiger partial charge >= 0.3 is 0 Å². The standard InChI is InChI=1S/C14H12Cl3NO2S/c15-8-10-1-3-11(4-2-10)9-18-21(19,20)14-6-12(16)5-13(17)7-14/h1-7,18H,8-9H2. The molecule has 0 amide bonds. The van der Waals surface area contributed by atoms with Gasteiger partial charge in [-0.3, -0.25) is 0 Å². The van der Waals surface area contributed by atoms with E-state index in [9.17, 15) is 8.42 Å². The molecule has 0 radical (unpaired) electrons. The van der Waals surface area contributed by atoms with Crippen LogP contribution in [0.3, 0.4) is 0 Å². The van der Waals surface area contributed by atoms with Crippen LogP contribution in [0.15, 0.2) is 47.4 Å². The Balaban J connectivity index is 2.13. The Labute approximate surface area is 138 Å². The van der Waals surface area contributed by atoms with Gasteiger partial charge in [0.15, 0.2) is 0 Å². The molecule has 0 aliphatic heterocycles. The first-order valence-corrected chi connectivity index (χ1v) is 8.77. The first-order valence-electron chi connectivity index (χ1n) is 6.00. The zero-order valence-corrected chi connectivity index (χ0v) is 13.9. The van der Waals surface area contributed by atoms with E-state index in [1.54, 1.807) is 0 Å². The molecular formula is C14H12Cl3NO2S. The molecule has 0 aliphatic carbocycles. The number of halogens is 3. The second-order valence-electron chi connectivity index (χ2n) is 4.38. The lowest BCUT2D eigenvalue weighted by atomic mass is 10.1. The van der Waals surface area contributed by atoms with Gasteiger partial charge in [-0.25, -0.2) is 13.1 Å². The molecule has 2 aromatic rings. The summed E-state index contributed by atoms with van der Waals surface area (Å²) in [6, 6.07) is 11.5. The van der Waals surface area contributed by atoms with Crippen molar-refractivity contribution in [2.24, 2.45) is 0 Å². The average molecular weight is 365 g/mol. The summed E-state index contributed by atoms with van der Waals surface area (Å²) in [7, 11) is -3.66. The normalized spacial score (nSPS) is 11.6. The fraction of sp³-hybridized carbons (Fsp3) is 0.143. The summed E-state index contributed by atoms with van der Waals surface area (Å²) in [5, 5.41) is 0.545. The van der Waals surface area contributed by atoms with Gasteiger partial charge in [-0.1, -0.05) is 47.5 Å². The molecule has 1 N–H and O–H groups in total. The van der Waals surface area contributed by atoms with Gasteiger partial charge in [0.05, 0.1) is 4.90 Å². The summed E-state index contributed by atoms with van der Waals surface area (Å²) >= 11 is 17.3. The van der Waals surface area contributed by atoms with Gasteiger partial charge in [0, 0.05) is 22.5 Å². The van der Waals surface area contributed by atoms with Crippen LogP contribution in [0.1, 0.15) is 11.1 Å². The number of hydrogen-bond acceptors (Lipinski definition) is 2. The number of benzene rings is 2. The molecule has 2 aromatic carbocycles. The van der Waals surface area contributed by atoms with E-state index in [0.717, 1.165) is 11.1 Å². The second kappa shape index (κ2) is 6.99. The quantitative estimate of drug-likeness (QED) is 0.808. The Bertz CT molecular complexity index is 710. The van der Waals surface area contributed by atoms with Crippen LogP contribution in [-0.2, 0) is 22.4 Å². The topological polar surface area (TPSA) is 46.2 Å². The van der Waals surface area contributed by atoms with Gasteiger partial charge in [0.25, 0.3) is 0 Å². The first kappa shape index (κ1) is 16.6. The van der Waals surface area contributed by atoms with E-state index in [1.807, 2.05) is 24.3 Å². The molecule has 2 rings (SSSR count). The average Bonchev–Trinajstić information content (AvgIpc) is 2.45. The van der Waals surface area contributed by atoms with E-state index in [0.29, 0.717) is 5.88 Å². The summed E-state index contributed by atoms with van der Waals surface area (Å²) in [6.07, 6.45) is 0. The molecule has 0 aromatic heterocycles. The summed E-state index contributed by atoms with van der Waals surface area (Å²) < 4.78 is 26.9. The van der Waals surface area contributed by atoms with Crippen LogP contribution in [0.5, 0.6) is 0 Å². The molecule has 21 heavy (non-hydrogen) atoms. The van der Waals surface area contributed by atoms with Crippen LogP contribution < -0.4 is 4.72 Å². The van der Waals surface area contributed by atoms with Crippen LogP contribution in [0.25, 0.3) is 0 Å². The Hall–Kier alpha value is -0.780. The smallest absolute Gasteiger partial charge is 0.207 e. The van der Waals surface area contributed by atoms with E-state index in [2.05, 4.69) is 4.72 Å². The van der Waals surface area contributed by atoms with Crippen molar-refractivity contribution in [2.75, 3.05) is 0 Å². The highest BCUT2D eigenvalue weighted by atomic mass is 35.5. The SMILES string of the molecule is O=S(=O)(NCc1ccc(CCl)cc1)c1cc(Cl)cc(Cl)c1. The minimum absolute atomic E-state index is 0.0392.